The largest absolute Gasteiger partial charge is 1.00 e. The maximum Gasteiger partial charge on any atom is 1.00 e. The Morgan fingerprint density at radius 1 is 1.10 bits per heavy atom. The molecule has 0 aromatic heterocycles. The van der Waals surface area contributed by atoms with E-state index < -0.39 is 18.1 Å². The smallest absolute Gasteiger partial charge is 0.547 e. The van der Waals surface area contributed by atoms with Crippen molar-refractivity contribution in [2.75, 3.05) is 0 Å². The molecule has 7 heteroatoms. The molecular formula is C3HFK2O4. The third kappa shape index (κ3) is 8.24. The van der Waals surface area contributed by atoms with Crippen molar-refractivity contribution >= 4 is 11.9 Å². The van der Waals surface area contributed by atoms with Gasteiger partial charge in [0.2, 0.25) is 0 Å². The minimum Gasteiger partial charge on any atom is -0.547 e. The summed E-state index contributed by atoms with van der Waals surface area (Å²) in [5.74, 6) is -4.57. The standard InChI is InChI=1S/C3H3FO4.2K/c4-1(2(5)6)3(7)8;;/h1H,(H,5,6)(H,7,8);;/q;2*+1/p-2. The van der Waals surface area contributed by atoms with Crippen LogP contribution in [0.1, 0.15) is 0 Å². The van der Waals surface area contributed by atoms with E-state index in [-0.39, 0.29) is 103 Å². The van der Waals surface area contributed by atoms with E-state index in [2.05, 4.69) is 0 Å². The molecule has 0 aliphatic heterocycles. The molecule has 10 heavy (non-hydrogen) atoms. The molecule has 46 valence electrons. The Morgan fingerprint density at radius 3 is 1.30 bits per heavy atom. The second-order valence-corrected chi connectivity index (χ2v) is 1.00. The molecule has 0 saturated heterocycles. The van der Waals surface area contributed by atoms with Gasteiger partial charge in [-0.1, -0.05) is 0 Å². The van der Waals surface area contributed by atoms with E-state index in [1.165, 1.54) is 0 Å². The molecule has 0 amide bonds. The normalized spacial score (nSPS) is 7.40. The average Bonchev–Trinajstić information content (AvgIpc) is 1.64. The van der Waals surface area contributed by atoms with Crippen LogP contribution in [0.4, 0.5) is 4.39 Å². The molecule has 0 radical (unpaired) electrons. The van der Waals surface area contributed by atoms with Crippen LogP contribution in [0.15, 0.2) is 0 Å². The van der Waals surface area contributed by atoms with Crippen molar-refractivity contribution in [3.05, 3.63) is 0 Å². The molecule has 0 aliphatic rings. The molecule has 0 aliphatic carbocycles. The van der Waals surface area contributed by atoms with Gasteiger partial charge >= 0.3 is 103 Å². The Bertz CT molecular complexity index is 114. The summed E-state index contributed by atoms with van der Waals surface area (Å²) in [6.07, 6.45) is -3.02. The van der Waals surface area contributed by atoms with Crippen LogP contribution in [-0.2, 0) is 9.59 Å². The number of rotatable bonds is 2. The quantitative estimate of drug-likeness (QED) is 0.326. The monoisotopic (exact) mass is 198 g/mol. The molecular weight excluding hydrogens is 197 g/mol. The van der Waals surface area contributed by atoms with Crippen molar-refractivity contribution < 1.29 is 127 Å². The number of carbonyl (C=O) groups is 2. The van der Waals surface area contributed by atoms with E-state index in [1.54, 1.807) is 0 Å². The van der Waals surface area contributed by atoms with Gasteiger partial charge in [-0.25, -0.2) is 4.39 Å². The van der Waals surface area contributed by atoms with Crippen molar-refractivity contribution in [1.29, 1.82) is 0 Å². The Labute approximate surface area is 141 Å². The number of carboxylic acids is 2. The minimum absolute atomic E-state index is 0. The zero-order valence-corrected chi connectivity index (χ0v) is 11.8. The summed E-state index contributed by atoms with van der Waals surface area (Å²) in [6, 6.07) is 0. The van der Waals surface area contributed by atoms with Gasteiger partial charge in [-0.15, -0.1) is 0 Å². The van der Waals surface area contributed by atoms with Gasteiger partial charge in [0.25, 0.3) is 0 Å². The Kier molecular flexibility index (Phi) is 16.7. The first-order valence-corrected chi connectivity index (χ1v) is 1.61. The maximum atomic E-state index is 11.3. The first-order chi connectivity index (χ1) is 3.55. The van der Waals surface area contributed by atoms with Gasteiger partial charge in [0, 0.05) is 0 Å². The molecule has 0 fully saturated rings. The third-order valence-corrected chi connectivity index (χ3v) is 0.414. The second-order valence-electron chi connectivity index (χ2n) is 1.00. The summed E-state index contributed by atoms with van der Waals surface area (Å²) in [4.78, 5) is 18.5. The minimum atomic E-state index is -3.02. The molecule has 0 aromatic carbocycles. The van der Waals surface area contributed by atoms with Crippen molar-refractivity contribution in [2.45, 2.75) is 6.17 Å². The number of aliphatic carboxylic acids is 2. The summed E-state index contributed by atoms with van der Waals surface area (Å²) in [7, 11) is 0. The van der Waals surface area contributed by atoms with Crippen LogP contribution in [0.3, 0.4) is 0 Å². The number of hydrogen-bond donors (Lipinski definition) is 0. The van der Waals surface area contributed by atoms with Crippen LogP contribution in [0.25, 0.3) is 0 Å². The van der Waals surface area contributed by atoms with Gasteiger partial charge in [0.1, 0.15) is 0 Å². The molecule has 0 heterocycles. The topological polar surface area (TPSA) is 80.3 Å². The molecule has 0 N–H and O–H groups in total. The van der Waals surface area contributed by atoms with Crippen LogP contribution in [0.5, 0.6) is 0 Å². The number of carbonyl (C=O) groups excluding carboxylic acids is 2. The fourth-order valence-electron chi connectivity index (χ4n) is 0.0962. The fourth-order valence-corrected chi connectivity index (χ4v) is 0.0962. The molecule has 0 rings (SSSR count). The SMILES string of the molecule is O=C([O-])C(F)C(=O)[O-].[K+].[K+]. The molecule has 4 nitrogen and oxygen atoms in total. The summed E-state index contributed by atoms with van der Waals surface area (Å²) < 4.78 is 11.3. The predicted octanol–water partition coefficient (Wildman–Crippen LogP) is -9.17. The van der Waals surface area contributed by atoms with Crippen LogP contribution in [0.2, 0.25) is 0 Å². The molecule has 0 saturated carbocycles. The molecule has 0 unspecified atom stereocenters. The van der Waals surface area contributed by atoms with Crippen molar-refractivity contribution in [2.24, 2.45) is 0 Å². The average molecular weight is 198 g/mol. The van der Waals surface area contributed by atoms with Gasteiger partial charge in [0.15, 0.2) is 6.17 Å². The van der Waals surface area contributed by atoms with Crippen LogP contribution in [0, 0.1) is 0 Å². The summed E-state index contributed by atoms with van der Waals surface area (Å²) in [5.41, 5.74) is 0. The van der Waals surface area contributed by atoms with Crippen LogP contribution < -0.4 is 113 Å². The first kappa shape index (κ1) is 18.0. The zero-order valence-electron chi connectivity index (χ0n) is 5.59. The van der Waals surface area contributed by atoms with E-state index in [0.29, 0.717) is 0 Å². The third-order valence-electron chi connectivity index (χ3n) is 0.414. The predicted molar refractivity (Wildman–Crippen MR) is 14.9 cm³/mol. The number of halogens is 1. The Morgan fingerprint density at radius 2 is 1.30 bits per heavy atom. The second kappa shape index (κ2) is 9.23. The van der Waals surface area contributed by atoms with Crippen LogP contribution in [-0.4, -0.2) is 18.1 Å². The number of hydrogen-bond acceptors (Lipinski definition) is 4. The van der Waals surface area contributed by atoms with Crippen LogP contribution >= 0.6 is 0 Å². The van der Waals surface area contributed by atoms with E-state index in [4.69, 9.17) is 0 Å². The number of carboxylic acid groups (broad SMARTS) is 2. The summed E-state index contributed by atoms with van der Waals surface area (Å²) >= 11 is 0. The van der Waals surface area contributed by atoms with Crippen molar-refractivity contribution in [3.8, 4) is 0 Å². The van der Waals surface area contributed by atoms with E-state index >= 15 is 0 Å². The van der Waals surface area contributed by atoms with Gasteiger partial charge in [0.05, 0.1) is 11.9 Å². The summed E-state index contributed by atoms with van der Waals surface area (Å²) in [5, 5.41) is 18.5. The maximum absolute atomic E-state index is 11.3. The van der Waals surface area contributed by atoms with Gasteiger partial charge in [-0.05, 0) is 0 Å². The van der Waals surface area contributed by atoms with Gasteiger partial charge in [-0.2, -0.15) is 0 Å². The summed E-state index contributed by atoms with van der Waals surface area (Å²) in [6.45, 7) is 0. The Hall–Kier alpha value is 2.14. The molecule has 0 bridgehead atoms. The van der Waals surface area contributed by atoms with Crippen molar-refractivity contribution in [1.82, 2.24) is 0 Å². The molecule has 0 spiro atoms. The Balaban J connectivity index is -0.000000245. The first-order valence-electron chi connectivity index (χ1n) is 1.61. The van der Waals surface area contributed by atoms with Crippen molar-refractivity contribution in [3.63, 3.8) is 0 Å². The van der Waals surface area contributed by atoms with Gasteiger partial charge in [-0.3, -0.25) is 0 Å². The fraction of sp³-hybridized carbons (Fsp3) is 0.333. The molecule has 0 atom stereocenters. The van der Waals surface area contributed by atoms with E-state index in [9.17, 15) is 24.2 Å². The molecule has 0 aromatic rings. The van der Waals surface area contributed by atoms with Gasteiger partial charge < -0.3 is 19.8 Å². The number of alkyl halides is 1. The van der Waals surface area contributed by atoms with E-state index in [0.717, 1.165) is 0 Å². The zero-order chi connectivity index (χ0) is 6.73. The van der Waals surface area contributed by atoms with E-state index in [1.807, 2.05) is 0 Å².